The molecule has 2 aliphatic rings. The van der Waals surface area contributed by atoms with E-state index in [1.807, 2.05) is 25.7 Å². The first-order valence-electron chi connectivity index (χ1n) is 9.93. The fourth-order valence-corrected chi connectivity index (χ4v) is 4.78. The van der Waals surface area contributed by atoms with Crippen LogP contribution in [0.25, 0.3) is 0 Å². The highest BCUT2D eigenvalue weighted by Gasteiger charge is 2.48. The van der Waals surface area contributed by atoms with Gasteiger partial charge >= 0.3 is 0 Å². The van der Waals surface area contributed by atoms with Crippen LogP contribution in [0.5, 0.6) is 0 Å². The maximum absolute atomic E-state index is 13.3. The summed E-state index contributed by atoms with van der Waals surface area (Å²) < 4.78 is 10.6. The molecule has 1 spiro atoms. The number of piperidine rings is 1. The van der Waals surface area contributed by atoms with Crippen LogP contribution in [0.1, 0.15) is 51.7 Å². The fourth-order valence-electron chi connectivity index (χ4n) is 4.78. The molecule has 0 radical (unpaired) electrons. The van der Waals surface area contributed by atoms with Crippen molar-refractivity contribution >= 4 is 5.91 Å². The lowest BCUT2D eigenvalue weighted by Gasteiger charge is -2.37. The molecular formula is C20H28N4O4. The lowest BCUT2D eigenvalue weighted by molar-refractivity contribution is 0.0745. The van der Waals surface area contributed by atoms with Gasteiger partial charge in [0.25, 0.3) is 5.91 Å². The summed E-state index contributed by atoms with van der Waals surface area (Å²) in [5, 5.41) is 21.4. The third-order valence-electron chi connectivity index (χ3n) is 6.64. The van der Waals surface area contributed by atoms with Gasteiger partial charge in [-0.1, -0.05) is 10.3 Å². The largest absolute Gasteiger partial charge is 0.396 e. The third-order valence-corrected chi connectivity index (χ3v) is 6.64. The number of carbonyl (C=O) groups is 1. The summed E-state index contributed by atoms with van der Waals surface area (Å²) in [6, 6.07) is 0. The number of aliphatic hydroxyl groups is 1. The Labute approximate surface area is 164 Å². The molecule has 1 amide bonds. The molecule has 2 aliphatic heterocycles. The van der Waals surface area contributed by atoms with Crippen molar-refractivity contribution in [2.45, 2.75) is 40.0 Å². The normalized spacial score (nSPS) is 21.6. The van der Waals surface area contributed by atoms with Crippen LogP contribution in [-0.4, -0.2) is 59.0 Å². The Balaban J connectivity index is 1.59. The van der Waals surface area contributed by atoms with Crippen LogP contribution in [0.3, 0.4) is 0 Å². The number of nitrogens with zero attached hydrogens (tertiary/aromatic N) is 3. The maximum Gasteiger partial charge on any atom is 0.276 e. The van der Waals surface area contributed by atoms with Gasteiger partial charge in [-0.15, -0.1) is 0 Å². The van der Waals surface area contributed by atoms with Crippen molar-refractivity contribution in [1.82, 2.24) is 20.5 Å². The zero-order valence-electron chi connectivity index (χ0n) is 16.7. The molecule has 8 heteroatoms. The van der Waals surface area contributed by atoms with E-state index in [1.54, 1.807) is 0 Å². The molecule has 28 heavy (non-hydrogen) atoms. The molecular weight excluding hydrogens is 360 g/mol. The van der Waals surface area contributed by atoms with Crippen molar-refractivity contribution in [1.29, 1.82) is 0 Å². The van der Waals surface area contributed by atoms with Gasteiger partial charge in [-0.05, 0) is 52.1 Å². The van der Waals surface area contributed by atoms with Crippen molar-refractivity contribution in [3.8, 4) is 0 Å². The number of aromatic nitrogens is 2. The first-order chi connectivity index (χ1) is 13.4. The van der Waals surface area contributed by atoms with E-state index >= 15 is 0 Å². The van der Waals surface area contributed by atoms with E-state index < -0.39 is 0 Å². The van der Waals surface area contributed by atoms with Crippen LogP contribution in [0.4, 0.5) is 0 Å². The Hall–Kier alpha value is -2.19. The van der Waals surface area contributed by atoms with Crippen molar-refractivity contribution < 1.29 is 18.9 Å². The molecule has 0 aromatic carbocycles. The molecule has 2 N–H and O–H groups in total. The van der Waals surface area contributed by atoms with Crippen molar-refractivity contribution in [3.63, 3.8) is 0 Å². The zero-order valence-corrected chi connectivity index (χ0v) is 16.7. The Kier molecular flexibility index (Phi) is 5.01. The fraction of sp³-hybridized carbons (Fsp3) is 0.650. The minimum Gasteiger partial charge on any atom is -0.396 e. The SMILES string of the molecule is Cc1noc(C)c1Cc1c(C(=O)N2CC(CO)C3(CCNCC3)C2)noc1C. The minimum absolute atomic E-state index is 0.00371. The molecule has 2 fully saturated rings. The monoisotopic (exact) mass is 388 g/mol. The van der Waals surface area contributed by atoms with Gasteiger partial charge in [-0.3, -0.25) is 4.79 Å². The summed E-state index contributed by atoms with van der Waals surface area (Å²) in [6.45, 7) is 8.77. The van der Waals surface area contributed by atoms with Crippen LogP contribution in [0, 0.1) is 32.1 Å². The van der Waals surface area contributed by atoms with Crippen LogP contribution in [0.15, 0.2) is 9.05 Å². The molecule has 1 unspecified atom stereocenters. The number of rotatable bonds is 4. The van der Waals surface area contributed by atoms with E-state index in [9.17, 15) is 9.90 Å². The van der Waals surface area contributed by atoms with E-state index in [0.717, 1.165) is 48.5 Å². The molecule has 152 valence electrons. The van der Waals surface area contributed by atoms with Crippen molar-refractivity contribution in [2.24, 2.45) is 11.3 Å². The van der Waals surface area contributed by atoms with Crippen LogP contribution in [0.2, 0.25) is 0 Å². The molecule has 4 heterocycles. The zero-order chi connectivity index (χ0) is 19.9. The van der Waals surface area contributed by atoms with Crippen molar-refractivity contribution in [2.75, 3.05) is 32.8 Å². The van der Waals surface area contributed by atoms with Crippen LogP contribution >= 0.6 is 0 Å². The summed E-state index contributed by atoms with van der Waals surface area (Å²) in [6.07, 6.45) is 2.46. The molecule has 0 bridgehead atoms. The number of amides is 1. The Bertz CT molecular complexity index is 846. The Morgan fingerprint density at radius 2 is 1.86 bits per heavy atom. The van der Waals surface area contributed by atoms with Crippen LogP contribution < -0.4 is 5.32 Å². The molecule has 8 nitrogen and oxygen atoms in total. The average Bonchev–Trinajstić information content (AvgIpc) is 3.34. The summed E-state index contributed by atoms with van der Waals surface area (Å²) in [5.74, 6) is 1.37. The number of hydrogen-bond donors (Lipinski definition) is 2. The summed E-state index contributed by atoms with van der Waals surface area (Å²) >= 11 is 0. The molecule has 2 aromatic rings. The standard InChI is InChI=1S/C20H28N4O4/c1-12-16(13(2)27-22-12)8-17-14(3)28-23-18(17)19(26)24-9-15(10-25)20(11-24)4-6-21-7-5-20/h15,21,25H,4-11H2,1-3H3. The molecule has 2 saturated heterocycles. The quantitative estimate of drug-likeness (QED) is 0.820. The lowest BCUT2D eigenvalue weighted by atomic mass is 9.71. The van der Waals surface area contributed by atoms with E-state index in [-0.39, 0.29) is 23.8 Å². The predicted molar refractivity (Wildman–Crippen MR) is 101 cm³/mol. The minimum atomic E-state index is -0.118. The van der Waals surface area contributed by atoms with Gasteiger partial charge in [-0.25, -0.2) is 0 Å². The number of carbonyl (C=O) groups excluding carboxylic acids is 1. The highest BCUT2D eigenvalue weighted by atomic mass is 16.5. The Morgan fingerprint density at radius 1 is 1.18 bits per heavy atom. The van der Waals surface area contributed by atoms with Gasteiger partial charge < -0.3 is 24.4 Å². The van der Waals surface area contributed by atoms with Gasteiger partial charge in [0.1, 0.15) is 11.5 Å². The molecule has 2 aromatic heterocycles. The van der Waals surface area contributed by atoms with Gasteiger partial charge in [0.2, 0.25) is 0 Å². The molecule has 4 rings (SSSR count). The third kappa shape index (κ3) is 3.14. The van der Waals surface area contributed by atoms with Crippen LogP contribution in [-0.2, 0) is 6.42 Å². The first-order valence-corrected chi connectivity index (χ1v) is 9.93. The number of aliphatic hydroxyl groups excluding tert-OH is 1. The number of nitrogens with one attached hydrogen (secondary N) is 1. The maximum atomic E-state index is 13.3. The average molecular weight is 388 g/mol. The highest BCUT2D eigenvalue weighted by molar-refractivity contribution is 5.94. The van der Waals surface area contributed by atoms with Gasteiger partial charge in [0.15, 0.2) is 5.69 Å². The second-order valence-electron chi connectivity index (χ2n) is 8.22. The first kappa shape index (κ1) is 19.1. The smallest absolute Gasteiger partial charge is 0.276 e. The summed E-state index contributed by atoms with van der Waals surface area (Å²) in [4.78, 5) is 15.2. The number of likely N-dealkylation sites (tertiary alicyclic amines) is 1. The van der Waals surface area contributed by atoms with E-state index in [4.69, 9.17) is 9.05 Å². The lowest BCUT2D eigenvalue weighted by Crippen LogP contribution is -2.43. The van der Waals surface area contributed by atoms with Gasteiger partial charge in [-0.2, -0.15) is 0 Å². The van der Waals surface area contributed by atoms with Gasteiger partial charge in [0.05, 0.1) is 5.69 Å². The number of hydrogen-bond acceptors (Lipinski definition) is 7. The topological polar surface area (TPSA) is 105 Å². The molecule has 1 atom stereocenters. The second-order valence-corrected chi connectivity index (χ2v) is 8.22. The molecule has 0 aliphatic carbocycles. The highest BCUT2D eigenvalue weighted by Crippen LogP contribution is 2.43. The van der Waals surface area contributed by atoms with E-state index in [2.05, 4.69) is 15.6 Å². The second kappa shape index (κ2) is 7.33. The summed E-state index contributed by atoms with van der Waals surface area (Å²) in [7, 11) is 0. The van der Waals surface area contributed by atoms with E-state index in [0.29, 0.717) is 31.0 Å². The van der Waals surface area contributed by atoms with Gasteiger partial charge in [0, 0.05) is 43.2 Å². The summed E-state index contributed by atoms with van der Waals surface area (Å²) in [5.41, 5.74) is 2.92. The predicted octanol–water partition coefficient (Wildman–Crippen LogP) is 1.61. The Morgan fingerprint density at radius 3 is 2.50 bits per heavy atom. The number of aryl methyl sites for hydroxylation is 3. The van der Waals surface area contributed by atoms with Crippen molar-refractivity contribution in [3.05, 3.63) is 34.0 Å². The molecule has 0 saturated carbocycles. The van der Waals surface area contributed by atoms with E-state index in [1.165, 1.54) is 0 Å².